The van der Waals surface area contributed by atoms with Crippen molar-refractivity contribution in [3.63, 3.8) is 0 Å². The Balaban J connectivity index is 0.00000128. The molecule has 1 aromatic heterocycles. The third-order valence-electron chi connectivity index (χ3n) is 2.90. The summed E-state index contributed by atoms with van der Waals surface area (Å²) >= 11 is 5.41. The molecule has 0 amide bonds. The largest absolute Gasteiger partial charge is 0.314 e. The van der Waals surface area contributed by atoms with E-state index in [1.165, 1.54) is 28.2 Å². The molecule has 2 heterocycles. The van der Waals surface area contributed by atoms with Gasteiger partial charge < -0.3 is 5.32 Å². The van der Waals surface area contributed by atoms with Crippen LogP contribution in [0.3, 0.4) is 0 Å². The first-order valence-corrected chi connectivity index (χ1v) is 7.12. The van der Waals surface area contributed by atoms with Crippen LogP contribution in [0.5, 0.6) is 0 Å². The summed E-state index contributed by atoms with van der Waals surface area (Å²) in [7, 11) is 0. The molecule has 0 aliphatic carbocycles. The monoisotopic (exact) mass is 360 g/mol. The van der Waals surface area contributed by atoms with Crippen molar-refractivity contribution in [1.29, 1.82) is 0 Å². The standard InChI is InChI=1S/C11H17BrN2S.2ClH/c1-2-9(10-3-4-11(12)15-10)14-7-5-13-6-8-14;;/h3-4,9,13H,2,5-8H2,1H3;2*1H/t9-;;/m1../s1. The Labute approximate surface area is 128 Å². The van der Waals surface area contributed by atoms with Gasteiger partial charge in [-0.05, 0) is 34.5 Å². The van der Waals surface area contributed by atoms with Gasteiger partial charge in [0.1, 0.15) is 0 Å². The Morgan fingerprint density at radius 1 is 1.35 bits per heavy atom. The minimum atomic E-state index is 0. The molecule has 1 aliphatic rings. The van der Waals surface area contributed by atoms with Gasteiger partial charge in [-0.3, -0.25) is 4.90 Å². The summed E-state index contributed by atoms with van der Waals surface area (Å²) in [5.74, 6) is 0. The van der Waals surface area contributed by atoms with Gasteiger partial charge in [-0.1, -0.05) is 6.92 Å². The topological polar surface area (TPSA) is 15.3 Å². The van der Waals surface area contributed by atoms with Gasteiger partial charge in [0.2, 0.25) is 0 Å². The van der Waals surface area contributed by atoms with Crippen molar-refractivity contribution in [3.05, 3.63) is 20.8 Å². The van der Waals surface area contributed by atoms with Crippen molar-refractivity contribution in [1.82, 2.24) is 10.2 Å². The van der Waals surface area contributed by atoms with E-state index in [-0.39, 0.29) is 24.8 Å². The molecule has 0 unspecified atom stereocenters. The lowest BCUT2D eigenvalue weighted by Crippen LogP contribution is -2.44. The van der Waals surface area contributed by atoms with Crippen LogP contribution in [0.1, 0.15) is 24.3 Å². The lowest BCUT2D eigenvalue weighted by molar-refractivity contribution is 0.172. The van der Waals surface area contributed by atoms with E-state index < -0.39 is 0 Å². The molecule has 0 saturated carbocycles. The van der Waals surface area contributed by atoms with Crippen LogP contribution in [-0.2, 0) is 0 Å². The van der Waals surface area contributed by atoms with Gasteiger partial charge in [0.05, 0.1) is 3.79 Å². The highest BCUT2D eigenvalue weighted by atomic mass is 79.9. The first kappa shape index (κ1) is 17.7. The molecule has 1 fully saturated rings. The fourth-order valence-corrected chi connectivity index (χ4v) is 3.78. The Morgan fingerprint density at radius 3 is 2.47 bits per heavy atom. The number of halogens is 3. The van der Waals surface area contributed by atoms with Crippen molar-refractivity contribution in [2.75, 3.05) is 26.2 Å². The first-order valence-electron chi connectivity index (χ1n) is 5.51. The molecule has 1 N–H and O–H groups in total. The zero-order chi connectivity index (χ0) is 10.7. The number of hydrogen-bond acceptors (Lipinski definition) is 3. The van der Waals surface area contributed by atoms with E-state index in [0.717, 1.165) is 13.1 Å². The summed E-state index contributed by atoms with van der Waals surface area (Å²) in [6.07, 6.45) is 1.20. The predicted octanol–water partition coefficient (Wildman–Crippen LogP) is 3.71. The number of thiophene rings is 1. The second-order valence-corrected chi connectivity index (χ2v) is 6.35. The van der Waals surface area contributed by atoms with Gasteiger partial charge in [0, 0.05) is 37.1 Å². The molecule has 1 aliphatic heterocycles. The van der Waals surface area contributed by atoms with E-state index in [4.69, 9.17) is 0 Å². The third-order valence-corrected chi connectivity index (χ3v) is 4.63. The third kappa shape index (κ3) is 4.69. The molecule has 2 rings (SSSR count). The highest BCUT2D eigenvalue weighted by molar-refractivity contribution is 9.11. The second-order valence-electron chi connectivity index (χ2n) is 3.85. The summed E-state index contributed by atoms with van der Waals surface area (Å²) < 4.78 is 1.24. The number of hydrogen-bond donors (Lipinski definition) is 1. The van der Waals surface area contributed by atoms with Crippen LogP contribution in [0, 0.1) is 0 Å². The molecule has 17 heavy (non-hydrogen) atoms. The van der Waals surface area contributed by atoms with Gasteiger partial charge in [-0.15, -0.1) is 36.2 Å². The summed E-state index contributed by atoms with van der Waals surface area (Å²) in [6.45, 7) is 6.88. The van der Waals surface area contributed by atoms with Gasteiger partial charge in [0.15, 0.2) is 0 Å². The molecule has 2 nitrogen and oxygen atoms in total. The van der Waals surface area contributed by atoms with Crippen LogP contribution in [0.4, 0.5) is 0 Å². The van der Waals surface area contributed by atoms with Crippen molar-refractivity contribution in [2.45, 2.75) is 19.4 Å². The molecule has 1 atom stereocenters. The highest BCUT2D eigenvalue weighted by Gasteiger charge is 2.21. The molecule has 1 aromatic rings. The Morgan fingerprint density at radius 2 is 2.00 bits per heavy atom. The number of nitrogens with zero attached hydrogens (tertiary/aromatic N) is 1. The zero-order valence-electron chi connectivity index (χ0n) is 9.82. The highest BCUT2D eigenvalue weighted by Crippen LogP contribution is 2.32. The second kappa shape index (κ2) is 8.73. The van der Waals surface area contributed by atoms with Crippen LogP contribution in [0.25, 0.3) is 0 Å². The molecule has 1 saturated heterocycles. The minimum absolute atomic E-state index is 0. The van der Waals surface area contributed by atoms with Crippen LogP contribution >= 0.6 is 52.1 Å². The first-order chi connectivity index (χ1) is 7.31. The van der Waals surface area contributed by atoms with Crippen LogP contribution in [0.2, 0.25) is 0 Å². The average molecular weight is 362 g/mol. The molecule has 0 aromatic carbocycles. The zero-order valence-corrected chi connectivity index (χ0v) is 13.9. The molecule has 0 radical (unpaired) electrons. The smallest absolute Gasteiger partial charge is 0.0701 e. The predicted molar refractivity (Wildman–Crippen MR) is 84.0 cm³/mol. The van der Waals surface area contributed by atoms with Gasteiger partial charge in [-0.25, -0.2) is 0 Å². The fraction of sp³-hybridized carbons (Fsp3) is 0.636. The van der Waals surface area contributed by atoms with E-state index in [0.29, 0.717) is 6.04 Å². The van der Waals surface area contributed by atoms with Crippen LogP contribution in [0.15, 0.2) is 15.9 Å². The Bertz CT molecular complexity index is 316. The van der Waals surface area contributed by atoms with Crippen LogP contribution < -0.4 is 5.32 Å². The van der Waals surface area contributed by atoms with Gasteiger partial charge >= 0.3 is 0 Å². The summed E-state index contributed by atoms with van der Waals surface area (Å²) in [4.78, 5) is 4.08. The van der Waals surface area contributed by atoms with E-state index in [2.05, 4.69) is 45.2 Å². The maximum atomic E-state index is 3.54. The SMILES string of the molecule is CC[C@H](c1ccc(Br)s1)N1CCNCC1.Cl.Cl. The van der Waals surface area contributed by atoms with Crippen molar-refractivity contribution >= 4 is 52.1 Å². The van der Waals surface area contributed by atoms with Crippen molar-refractivity contribution in [3.8, 4) is 0 Å². The van der Waals surface area contributed by atoms with E-state index in [1.54, 1.807) is 0 Å². The lowest BCUT2D eigenvalue weighted by atomic mass is 10.1. The molecule has 0 bridgehead atoms. The number of piperazine rings is 1. The van der Waals surface area contributed by atoms with E-state index >= 15 is 0 Å². The quantitative estimate of drug-likeness (QED) is 0.882. The molecule has 6 heteroatoms. The maximum Gasteiger partial charge on any atom is 0.0701 e. The van der Waals surface area contributed by atoms with E-state index in [9.17, 15) is 0 Å². The van der Waals surface area contributed by atoms with Crippen LogP contribution in [-0.4, -0.2) is 31.1 Å². The Kier molecular flexibility index (Phi) is 9.07. The summed E-state index contributed by atoms with van der Waals surface area (Å²) in [5.41, 5.74) is 0. The molecule has 100 valence electrons. The van der Waals surface area contributed by atoms with Crippen molar-refractivity contribution < 1.29 is 0 Å². The Hall–Kier alpha value is 0.680. The normalized spacial score (nSPS) is 18.0. The lowest BCUT2D eigenvalue weighted by Gasteiger charge is -2.33. The van der Waals surface area contributed by atoms with E-state index in [1.807, 2.05) is 11.3 Å². The van der Waals surface area contributed by atoms with Gasteiger partial charge in [0.25, 0.3) is 0 Å². The summed E-state index contributed by atoms with van der Waals surface area (Å²) in [6, 6.07) is 5.03. The molecule has 0 spiro atoms. The number of rotatable bonds is 3. The minimum Gasteiger partial charge on any atom is -0.314 e. The molecular formula is C11H19BrCl2N2S. The van der Waals surface area contributed by atoms with Gasteiger partial charge in [-0.2, -0.15) is 0 Å². The summed E-state index contributed by atoms with van der Waals surface area (Å²) in [5, 5.41) is 3.40. The van der Waals surface area contributed by atoms with Crippen molar-refractivity contribution in [2.24, 2.45) is 0 Å². The number of nitrogens with one attached hydrogen (secondary N) is 1. The average Bonchev–Trinajstić information content (AvgIpc) is 2.68. The fourth-order valence-electron chi connectivity index (χ4n) is 2.14. The maximum absolute atomic E-state index is 3.54. The molecular weight excluding hydrogens is 343 g/mol.